The lowest BCUT2D eigenvalue weighted by Crippen LogP contribution is -2.57. The molecule has 2 spiro atoms. The maximum atomic E-state index is 14.5. The van der Waals surface area contributed by atoms with Crippen molar-refractivity contribution in [3.05, 3.63) is 40.5 Å². The number of rotatable bonds is 2. The van der Waals surface area contributed by atoms with Crippen molar-refractivity contribution < 1.29 is 23.9 Å². The van der Waals surface area contributed by atoms with E-state index in [-0.39, 0.29) is 57.6 Å². The molecule has 1 saturated heterocycles. The molecule has 2 heterocycles. The van der Waals surface area contributed by atoms with Gasteiger partial charge in [0.2, 0.25) is 0 Å². The summed E-state index contributed by atoms with van der Waals surface area (Å²) in [5.41, 5.74) is 2.05. The van der Waals surface area contributed by atoms with Gasteiger partial charge in [-0.05, 0) is 111 Å². The molecule has 242 valence electrons. The number of carbonyl (C=O) groups is 3. The molecule has 8 atom stereocenters. The first-order valence-corrected chi connectivity index (χ1v) is 18.0. The molecule has 4 fully saturated rings. The van der Waals surface area contributed by atoms with Crippen LogP contribution >= 0.6 is 0 Å². The summed E-state index contributed by atoms with van der Waals surface area (Å²) in [6, 6.07) is 4.12. The Hall–Kier alpha value is -2.43. The van der Waals surface area contributed by atoms with E-state index in [9.17, 15) is 14.4 Å². The van der Waals surface area contributed by atoms with E-state index < -0.39 is 16.4 Å². The normalized spacial score (nSPS) is 43.9. The Labute approximate surface area is 269 Å². The van der Waals surface area contributed by atoms with Gasteiger partial charge < -0.3 is 9.47 Å². The molecule has 2 bridgehead atoms. The Morgan fingerprint density at radius 1 is 0.822 bits per heavy atom. The fourth-order valence-corrected chi connectivity index (χ4v) is 13.2. The molecule has 0 amide bonds. The van der Waals surface area contributed by atoms with Gasteiger partial charge in [-0.3, -0.25) is 14.4 Å². The van der Waals surface area contributed by atoms with Crippen molar-refractivity contribution in [3.63, 3.8) is 0 Å². The van der Waals surface area contributed by atoms with Crippen LogP contribution in [0.3, 0.4) is 0 Å². The second-order valence-electron chi connectivity index (χ2n) is 18.2. The lowest BCUT2D eigenvalue weighted by atomic mass is 9.44. The van der Waals surface area contributed by atoms with Crippen LogP contribution in [0.5, 0.6) is 5.75 Å². The Kier molecular flexibility index (Phi) is 6.07. The SMILES string of the molecule is CC1=CCC[C@]2(C(=O)Oc3ccc4c(c32)C(=O)CC2C(C)(C)CCC[C@]42C)[C@@H]1C[C@H]1[C@]2(C)CCC3C(C)(C)CCC[C@@]31C(=O)O2. The van der Waals surface area contributed by atoms with Gasteiger partial charge in [0.15, 0.2) is 5.78 Å². The van der Waals surface area contributed by atoms with E-state index in [2.05, 4.69) is 60.6 Å². The summed E-state index contributed by atoms with van der Waals surface area (Å²) in [6.45, 7) is 16.1. The van der Waals surface area contributed by atoms with E-state index >= 15 is 0 Å². The molecule has 0 radical (unpaired) electrons. The molecule has 7 aliphatic rings. The highest BCUT2D eigenvalue weighted by Crippen LogP contribution is 2.70. The number of esters is 2. The number of allylic oxidation sites excluding steroid dienone is 2. The minimum absolute atomic E-state index is 0.00222. The Bertz CT molecular complexity index is 1560. The second-order valence-corrected chi connectivity index (χ2v) is 18.2. The molecule has 3 saturated carbocycles. The number of Topliss-reactive ketones (excluding diaryl/α,β-unsaturated/α-hetero) is 1. The Balaban J connectivity index is 1.29. The van der Waals surface area contributed by atoms with Crippen LogP contribution in [0.15, 0.2) is 23.8 Å². The molecule has 2 aliphatic heterocycles. The summed E-state index contributed by atoms with van der Waals surface area (Å²) >= 11 is 0. The molecule has 5 nitrogen and oxygen atoms in total. The quantitative estimate of drug-likeness (QED) is 0.190. The number of carbonyl (C=O) groups excluding carboxylic acids is 3. The molecular weight excluding hydrogens is 560 g/mol. The zero-order valence-corrected chi connectivity index (χ0v) is 28.6. The summed E-state index contributed by atoms with van der Waals surface area (Å²) in [4.78, 5) is 43.1. The lowest BCUT2D eigenvalue weighted by Gasteiger charge is -2.56. The summed E-state index contributed by atoms with van der Waals surface area (Å²) in [7, 11) is 0. The number of ketones is 1. The van der Waals surface area contributed by atoms with Gasteiger partial charge in [-0.2, -0.15) is 0 Å². The smallest absolute Gasteiger partial charge is 0.322 e. The van der Waals surface area contributed by atoms with Crippen molar-refractivity contribution >= 4 is 17.7 Å². The second kappa shape index (κ2) is 9.13. The third-order valence-corrected chi connectivity index (χ3v) is 15.3. The van der Waals surface area contributed by atoms with Gasteiger partial charge in [0, 0.05) is 29.4 Å². The number of benzene rings is 1. The molecule has 2 unspecified atom stereocenters. The van der Waals surface area contributed by atoms with Crippen molar-refractivity contribution in [2.75, 3.05) is 0 Å². The largest absolute Gasteiger partial charge is 0.459 e. The zero-order chi connectivity index (χ0) is 31.9. The van der Waals surface area contributed by atoms with Crippen molar-refractivity contribution in [2.45, 2.75) is 142 Å². The van der Waals surface area contributed by atoms with Gasteiger partial charge >= 0.3 is 11.9 Å². The molecule has 45 heavy (non-hydrogen) atoms. The predicted molar refractivity (Wildman–Crippen MR) is 173 cm³/mol. The lowest BCUT2D eigenvalue weighted by molar-refractivity contribution is -0.157. The summed E-state index contributed by atoms with van der Waals surface area (Å²) in [5, 5.41) is 0. The Morgan fingerprint density at radius 3 is 2.29 bits per heavy atom. The maximum absolute atomic E-state index is 14.5. The average molecular weight is 613 g/mol. The van der Waals surface area contributed by atoms with Crippen molar-refractivity contribution in [2.24, 2.45) is 39.9 Å². The molecule has 1 aromatic carbocycles. The topological polar surface area (TPSA) is 69.7 Å². The summed E-state index contributed by atoms with van der Waals surface area (Å²) in [5.74, 6) is 0.992. The first kappa shape index (κ1) is 29.9. The van der Waals surface area contributed by atoms with E-state index in [0.717, 1.165) is 74.5 Å². The fraction of sp³-hybridized carbons (Fsp3) is 0.725. The van der Waals surface area contributed by atoms with Crippen LogP contribution in [0.25, 0.3) is 0 Å². The monoisotopic (exact) mass is 612 g/mol. The molecule has 0 N–H and O–H groups in total. The van der Waals surface area contributed by atoms with Crippen LogP contribution in [0.4, 0.5) is 0 Å². The van der Waals surface area contributed by atoms with E-state index in [1.165, 1.54) is 5.57 Å². The predicted octanol–water partition coefficient (Wildman–Crippen LogP) is 8.80. The van der Waals surface area contributed by atoms with Gasteiger partial charge in [-0.25, -0.2) is 0 Å². The van der Waals surface area contributed by atoms with Crippen LogP contribution in [0, 0.1) is 39.9 Å². The highest BCUT2D eigenvalue weighted by Gasteiger charge is 2.72. The van der Waals surface area contributed by atoms with Gasteiger partial charge in [0.05, 0.1) is 5.41 Å². The first-order valence-electron chi connectivity index (χ1n) is 18.0. The highest BCUT2D eigenvalue weighted by molar-refractivity contribution is 6.06. The minimum atomic E-state index is -0.921. The summed E-state index contributed by atoms with van der Waals surface area (Å²) in [6.07, 6.45) is 13.2. The zero-order valence-electron chi connectivity index (χ0n) is 28.6. The van der Waals surface area contributed by atoms with Gasteiger partial charge in [0.25, 0.3) is 0 Å². The van der Waals surface area contributed by atoms with Gasteiger partial charge in [-0.15, -0.1) is 0 Å². The Morgan fingerprint density at radius 2 is 1.53 bits per heavy atom. The molecule has 1 aromatic rings. The maximum Gasteiger partial charge on any atom is 0.322 e. The average Bonchev–Trinajstić information content (AvgIpc) is 3.28. The highest BCUT2D eigenvalue weighted by atomic mass is 16.6. The third kappa shape index (κ3) is 3.59. The molecule has 8 rings (SSSR count). The van der Waals surface area contributed by atoms with E-state index in [1.54, 1.807) is 0 Å². The van der Waals surface area contributed by atoms with Crippen LogP contribution in [0.2, 0.25) is 0 Å². The third-order valence-electron chi connectivity index (χ3n) is 15.3. The fourth-order valence-electron chi connectivity index (χ4n) is 13.2. The molecule has 5 aliphatic carbocycles. The van der Waals surface area contributed by atoms with Crippen molar-refractivity contribution in [3.8, 4) is 5.75 Å². The first-order chi connectivity index (χ1) is 21.1. The van der Waals surface area contributed by atoms with Crippen LogP contribution < -0.4 is 4.74 Å². The number of fused-ring (bicyclic) bond motifs is 7. The van der Waals surface area contributed by atoms with Crippen molar-refractivity contribution in [1.29, 1.82) is 0 Å². The van der Waals surface area contributed by atoms with Crippen LogP contribution in [0.1, 0.15) is 147 Å². The van der Waals surface area contributed by atoms with E-state index in [4.69, 9.17) is 9.47 Å². The van der Waals surface area contributed by atoms with Crippen LogP contribution in [-0.4, -0.2) is 23.3 Å². The number of hydrogen-bond donors (Lipinski definition) is 0. The minimum Gasteiger partial charge on any atom is -0.459 e. The standard InChI is InChI=1S/C40H52O5/c1-23-11-8-18-39(25(23)21-30-38(7)20-14-28-35(2,3)16-10-19-40(28,30)34(43)45-38)32-27(44-33(39)42)13-12-24-31(32)26(41)22-29-36(4,5)15-9-17-37(24,29)6/h11-13,25,28-30H,8-10,14-22H2,1-7H3/t25-,28?,29?,30+,37-,38+,39+,40-/m1/s1. The van der Waals surface area contributed by atoms with E-state index in [0.29, 0.717) is 25.0 Å². The van der Waals surface area contributed by atoms with Crippen molar-refractivity contribution in [1.82, 2.24) is 0 Å². The molecule has 0 aromatic heterocycles. The van der Waals surface area contributed by atoms with Gasteiger partial charge in [0.1, 0.15) is 16.8 Å². The number of hydrogen-bond acceptors (Lipinski definition) is 5. The summed E-state index contributed by atoms with van der Waals surface area (Å²) < 4.78 is 12.7. The number of ether oxygens (including phenoxy) is 2. The van der Waals surface area contributed by atoms with E-state index in [1.807, 2.05) is 6.07 Å². The molecule has 5 heteroatoms. The van der Waals surface area contributed by atoms with Gasteiger partial charge in [-0.1, -0.05) is 65.2 Å². The van der Waals surface area contributed by atoms with Crippen LogP contribution in [-0.2, 0) is 25.2 Å². The molecular formula is C40H52O5.